The Bertz CT molecular complexity index is 241. The first-order valence-corrected chi connectivity index (χ1v) is 5.96. The summed E-state index contributed by atoms with van der Waals surface area (Å²) in [5.74, 6) is 0.509. The lowest BCUT2D eigenvalue weighted by atomic mass is 10.1. The van der Waals surface area contributed by atoms with Gasteiger partial charge in [0.1, 0.15) is 0 Å². The molecule has 1 atom stereocenters. The molecule has 1 heterocycles. The molecule has 0 radical (unpaired) electrons. The third-order valence-electron chi connectivity index (χ3n) is 2.77. The van der Waals surface area contributed by atoms with Gasteiger partial charge in [-0.15, -0.1) is 0 Å². The molecule has 0 aromatic heterocycles. The third kappa shape index (κ3) is 4.77. The van der Waals surface area contributed by atoms with E-state index in [-0.39, 0.29) is 5.97 Å². The van der Waals surface area contributed by atoms with Crippen molar-refractivity contribution in [1.29, 1.82) is 0 Å². The van der Waals surface area contributed by atoms with Gasteiger partial charge in [0.15, 0.2) is 0 Å². The number of carbonyl (C=O) groups is 1. The molecule has 1 saturated heterocycles. The molecule has 1 rings (SSSR count). The maximum absolute atomic E-state index is 11.0. The van der Waals surface area contributed by atoms with Crippen molar-refractivity contribution < 1.29 is 9.53 Å². The van der Waals surface area contributed by atoms with Crippen LogP contribution in [-0.2, 0) is 9.53 Å². The highest BCUT2D eigenvalue weighted by Gasteiger charge is 2.20. The predicted molar refractivity (Wildman–Crippen MR) is 64.2 cm³/mol. The lowest BCUT2D eigenvalue weighted by molar-refractivity contribution is -0.137. The van der Waals surface area contributed by atoms with Crippen molar-refractivity contribution in [3.05, 3.63) is 12.2 Å². The van der Waals surface area contributed by atoms with Crippen LogP contribution in [0.25, 0.3) is 0 Å². The van der Waals surface area contributed by atoms with E-state index >= 15 is 0 Å². The van der Waals surface area contributed by atoms with Crippen LogP contribution in [0.3, 0.4) is 0 Å². The summed E-state index contributed by atoms with van der Waals surface area (Å²) in [6, 6.07) is 0. The van der Waals surface area contributed by atoms with Gasteiger partial charge in [0, 0.05) is 19.2 Å². The zero-order valence-corrected chi connectivity index (χ0v) is 10.2. The highest BCUT2D eigenvalue weighted by Crippen LogP contribution is 2.14. The van der Waals surface area contributed by atoms with Gasteiger partial charge in [-0.25, -0.2) is 4.79 Å². The highest BCUT2D eigenvalue weighted by molar-refractivity contribution is 5.81. The minimum absolute atomic E-state index is 0.242. The molecule has 0 bridgehead atoms. The maximum atomic E-state index is 11.0. The van der Waals surface area contributed by atoms with Gasteiger partial charge in [-0.05, 0) is 39.4 Å². The standard InChI is InChI=1S/C12H22N2O2/c1-3-16-12(15)5-4-7-14-8-6-11(10-14)9-13-2/h4-5,11,13H,3,6-10H2,1-2H3/b5-4+. The van der Waals surface area contributed by atoms with E-state index in [1.54, 1.807) is 0 Å². The molecule has 1 unspecified atom stereocenters. The number of likely N-dealkylation sites (tertiary alicyclic amines) is 1. The summed E-state index contributed by atoms with van der Waals surface area (Å²) in [5, 5.41) is 3.20. The number of rotatable bonds is 6. The molecule has 4 heteroatoms. The van der Waals surface area contributed by atoms with E-state index in [4.69, 9.17) is 4.74 Å². The topological polar surface area (TPSA) is 41.6 Å². The minimum Gasteiger partial charge on any atom is -0.463 e. The van der Waals surface area contributed by atoms with E-state index in [0.29, 0.717) is 6.61 Å². The second-order valence-corrected chi connectivity index (χ2v) is 4.13. The number of hydrogen-bond donors (Lipinski definition) is 1. The van der Waals surface area contributed by atoms with Crippen LogP contribution in [0.4, 0.5) is 0 Å². The molecule has 0 amide bonds. The predicted octanol–water partition coefficient (Wildman–Crippen LogP) is 0.647. The first-order valence-electron chi connectivity index (χ1n) is 5.96. The summed E-state index contributed by atoms with van der Waals surface area (Å²) in [6.07, 6.45) is 4.66. The van der Waals surface area contributed by atoms with Crippen molar-refractivity contribution in [2.24, 2.45) is 5.92 Å². The Balaban J connectivity index is 2.17. The van der Waals surface area contributed by atoms with Crippen LogP contribution in [-0.4, -0.2) is 50.7 Å². The Hall–Kier alpha value is -0.870. The Kier molecular flexibility index (Phi) is 6.11. The summed E-state index contributed by atoms with van der Waals surface area (Å²) in [6.45, 7) is 6.43. The molecule has 0 spiro atoms. The van der Waals surface area contributed by atoms with Gasteiger partial charge in [0.2, 0.25) is 0 Å². The highest BCUT2D eigenvalue weighted by atomic mass is 16.5. The molecule has 0 aliphatic carbocycles. The van der Waals surface area contributed by atoms with E-state index in [0.717, 1.165) is 32.1 Å². The molecule has 16 heavy (non-hydrogen) atoms. The number of ether oxygens (including phenoxy) is 1. The zero-order chi connectivity index (χ0) is 11.8. The van der Waals surface area contributed by atoms with Crippen molar-refractivity contribution in [1.82, 2.24) is 10.2 Å². The van der Waals surface area contributed by atoms with Crippen molar-refractivity contribution in [3.63, 3.8) is 0 Å². The number of nitrogens with one attached hydrogen (secondary N) is 1. The molecule has 1 aliphatic heterocycles. The quantitative estimate of drug-likeness (QED) is 0.533. The Morgan fingerprint density at radius 3 is 3.12 bits per heavy atom. The first-order chi connectivity index (χ1) is 7.76. The summed E-state index contributed by atoms with van der Waals surface area (Å²) in [5.41, 5.74) is 0. The van der Waals surface area contributed by atoms with Crippen molar-refractivity contribution in [2.45, 2.75) is 13.3 Å². The molecule has 1 fully saturated rings. The van der Waals surface area contributed by atoms with Gasteiger partial charge in [0.25, 0.3) is 0 Å². The fourth-order valence-electron chi connectivity index (χ4n) is 2.02. The normalized spacial score (nSPS) is 21.8. The molecular formula is C12H22N2O2. The van der Waals surface area contributed by atoms with Crippen molar-refractivity contribution in [3.8, 4) is 0 Å². The monoisotopic (exact) mass is 226 g/mol. The van der Waals surface area contributed by atoms with E-state index in [9.17, 15) is 4.79 Å². The lowest BCUT2D eigenvalue weighted by Gasteiger charge is -2.13. The molecule has 0 aromatic carbocycles. The smallest absolute Gasteiger partial charge is 0.330 e. The number of hydrogen-bond acceptors (Lipinski definition) is 4. The van der Waals surface area contributed by atoms with Crippen LogP contribution in [0, 0.1) is 5.92 Å². The zero-order valence-electron chi connectivity index (χ0n) is 10.2. The summed E-state index contributed by atoms with van der Waals surface area (Å²) >= 11 is 0. The van der Waals surface area contributed by atoms with Crippen molar-refractivity contribution in [2.75, 3.05) is 39.8 Å². The van der Waals surface area contributed by atoms with E-state index in [1.165, 1.54) is 12.5 Å². The van der Waals surface area contributed by atoms with Gasteiger partial charge in [-0.1, -0.05) is 6.08 Å². The lowest BCUT2D eigenvalue weighted by Crippen LogP contribution is -2.24. The van der Waals surface area contributed by atoms with Crippen molar-refractivity contribution >= 4 is 5.97 Å². The van der Waals surface area contributed by atoms with Crippen LogP contribution in [0.1, 0.15) is 13.3 Å². The number of esters is 1. The molecule has 92 valence electrons. The van der Waals surface area contributed by atoms with Crippen LogP contribution < -0.4 is 5.32 Å². The second-order valence-electron chi connectivity index (χ2n) is 4.13. The number of nitrogens with zero attached hydrogens (tertiary/aromatic N) is 1. The van der Waals surface area contributed by atoms with E-state index < -0.39 is 0 Å². The first kappa shape index (κ1) is 13.2. The van der Waals surface area contributed by atoms with Crippen LogP contribution in [0.2, 0.25) is 0 Å². The van der Waals surface area contributed by atoms with E-state index in [2.05, 4.69) is 10.2 Å². The molecular weight excluding hydrogens is 204 g/mol. The summed E-state index contributed by atoms with van der Waals surface area (Å²) < 4.78 is 4.81. The van der Waals surface area contributed by atoms with E-state index in [1.807, 2.05) is 20.0 Å². The molecule has 1 aliphatic rings. The molecule has 0 saturated carbocycles. The average Bonchev–Trinajstić information content (AvgIpc) is 2.67. The minimum atomic E-state index is -0.242. The number of carbonyl (C=O) groups excluding carboxylic acids is 1. The van der Waals surface area contributed by atoms with Gasteiger partial charge in [-0.3, -0.25) is 4.90 Å². The molecule has 4 nitrogen and oxygen atoms in total. The van der Waals surface area contributed by atoms with Gasteiger partial charge >= 0.3 is 5.97 Å². The van der Waals surface area contributed by atoms with Gasteiger partial charge in [0.05, 0.1) is 6.61 Å². The fourth-order valence-corrected chi connectivity index (χ4v) is 2.02. The van der Waals surface area contributed by atoms with Crippen LogP contribution in [0.5, 0.6) is 0 Å². The maximum Gasteiger partial charge on any atom is 0.330 e. The van der Waals surface area contributed by atoms with Crippen LogP contribution in [0.15, 0.2) is 12.2 Å². The summed E-state index contributed by atoms with van der Waals surface area (Å²) in [4.78, 5) is 13.4. The van der Waals surface area contributed by atoms with Gasteiger partial charge < -0.3 is 10.1 Å². The Morgan fingerprint density at radius 2 is 2.44 bits per heavy atom. The summed E-state index contributed by atoms with van der Waals surface area (Å²) in [7, 11) is 1.99. The second kappa shape index (κ2) is 7.41. The van der Waals surface area contributed by atoms with Gasteiger partial charge in [-0.2, -0.15) is 0 Å². The Morgan fingerprint density at radius 1 is 1.62 bits per heavy atom. The Labute approximate surface area is 97.6 Å². The average molecular weight is 226 g/mol. The molecule has 0 aromatic rings. The fraction of sp³-hybridized carbons (Fsp3) is 0.750. The molecule has 1 N–H and O–H groups in total. The third-order valence-corrected chi connectivity index (χ3v) is 2.77. The SMILES string of the molecule is CCOC(=O)/C=C/CN1CCC(CNC)C1. The largest absolute Gasteiger partial charge is 0.463 e. The van der Waals surface area contributed by atoms with Crippen LogP contribution >= 0.6 is 0 Å².